The smallest absolute Gasteiger partial charge is 0.302 e. The molecule has 0 saturated heterocycles. The maximum atomic E-state index is 13.4. The van der Waals surface area contributed by atoms with Crippen LogP contribution in [0.15, 0.2) is 42.0 Å². The first-order valence-electron chi connectivity index (χ1n) is 13.4. The number of carbonyl (C=O) groups excluding carboxylic acids is 2. The van der Waals surface area contributed by atoms with Gasteiger partial charge in [-0.2, -0.15) is 0 Å². The zero-order valence-electron chi connectivity index (χ0n) is 21.3. The molecule has 3 fully saturated rings. The van der Waals surface area contributed by atoms with Gasteiger partial charge in [-0.3, -0.25) is 9.59 Å². The highest BCUT2D eigenvalue weighted by Gasteiger charge is 2.59. The van der Waals surface area contributed by atoms with Crippen LogP contribution in [-0.4, -0.2) is 17.9 Å². The number of aryl methyl sites for hydroxylation is 1. The zero-order valence-corrected chi connectivity index (χ0v) is 21.3. The topological polar surface area (TPSA) is 43.4 Å². The Balaban J connectivity index is 1.32. The van der Waals surface area contributed by atoms with Crippen molar-refractivity contribution in [3.63, 3.8) is 0 Å². The van der Waals surface area contributed by atoms with Crippen molar-refractivity contribution in [2.45, 2.75) is 85.2 Å². The second-order valence-corrected chi connectivity index (χ2v) is 12.1. The molecule has 0 N–H and O–H groups in total. The summed E-state index contributed by atoms with van der Waals surface area (Å²) >= 11 is 0. The van der Waals surface area contributed by atoms with E-state index in [9.17, 15) is 9.59 Å². The maximum absolute atomic E-state index is 13.4. The van der Waals surface area contributed by atoms with E-state index in [4.69, 9.17) is 4.74 Å². The summed E-state index contributed by atoms with van der Waals surface area (Å²) in [6, 6.07) is 8.38. The Morgan fingerprint density at radius 2 is 1.76 bits per heavy atom. The number of fused-ring (bicyclic) bond motifs is 5. The molecule has 0 bridgehead atoms. The summed E-state index contributed by atoms with van der Waals surface area (Å²) in [5.74, 6) is 2.32. The molecule has 0 spiro atoms. The second-order valence-electron chi connectivity index (χ2n) is 12.1. The Kier molecular flexibility index (Phi) is 6.11. The summed E-state index contributed by atoms with van der Waals surface area (Å²) in [7, 11) is 0. The van der Waals surface area contributed by atoms with Gasteiger partial charge in [-0.25, -0.2) is 0 Å². The molecule has 0 radical (unpaired) electrons. The average molecular weight is 461 g/mol. The molecule has 1 aromatic carbocycles. The van der Waals surface area contributed by atoms with E-state index in [1.54, 1.807) is 0 Å². The summed E-state index contributed by atoms with van der Waals surface area (Å²) in [6.07, 6.45) is 15.1. The van der Waals surface area contributed by atoms with Crippen molar-refractivity contribution in [3.05, 3.63) is 53.1 Å². The minimum Gasteiger partial charge on any atom is -0.462 e. The van der Waals surface area contributed by atoms with Crippen molar-refractivity contribution in [1.82, 2.24) is 0 Å². The Morgan fingerprint density at radius 3 is 2.50 bits per heavy atom. The van der Waals surface area contributed by atoms with Crippen LogP contribution in [0.5, 0.6) is 0 Å². The van der Waals surface area contributed by atoms with E-state index in [0.717, 1.165) is 44.1 Å². The van der Waals surface area contributed by atoms with Gasteiger partial charge in [0, 0.05) is 19.3 Å². The van der Waals surface area contributed by atoms with Gasteiger partial charge in [0.25, 0.3) is 0 Å². The van der Waals surface area contributed by atoms with Crippen LogP contribution in [0.4, 0.5) is 0 Å². The third-order valence-electron chi connectivity index (χ3n) is 10.3. The summed E-state index contributed by atoms with van der Waals surface area (Å²) < 4.78 is 5.58. The van der Waals surface area contributed by atoms with Gasteiger partial charge in [-0.1, -0.05) is 61.4 Å². The number of esters is 1. The molecule has 0 amide bonds. The van der Waals surface area contributed by atoms with Crippen molar-refractivity contribution in [1.29, 1.82) is 0 Å². The number of benzene rings is 1. The molecule has 4 aliphatic rings. The number of hydrogen-bond donors (Lipinski definition) is 0. The number of carbonyl (C=O) groups is 2. The van der Waals surface area contributed by atoms with E-state index in [1.807, 2.05) is 12.2 Å². The van der Waals surface area contributed by atoms with E-state index < -0.39 is 0 Å². The van der Waals surface area contributed by atoms with Crippen molar-refractivity contribution < 1.29 is 14.3 Å². The average Bonchev–Trinajstić information content (AvgIpc) is 3.16. The van der Waals surface area contributed by atoms with Gasteiger partial charge in [-0.05, 0) is 92.1 Å². The minimum absolute atomic E-state index is 0.0519. The summed E-state index contributed by atoms with van der Waals surface area (Å²) in [5.41, 5.74) is 4.22. The summed E-state index contributed by atoms with van der Waals surface area (Å²) in [5, 5.41) is 0. The highest BCUT2D eigenvalue weighted by Crippen LogP contribution is 2.66. The van der Waals surface area contributed by atoms with Crippen LogP contribution >= 0.6 is 0 Å². The first-order chi connectivity index (χ1) is 16.2. The molecule has 34 heavy (non-hydrogen) atoms. The number of ether oxygens (including phenoxy) is 1. The van der Waals surface area contributed by atoms with Gasteiger partial charge in [-0.15, -0.1) is 0 Å². The van der Waals surface area contributed by atoms with Crippen LogP contribution in [0, 0.1) is 41.4 Å². The van der Waals surface area contributed by atoms with Crippen molar-refractivity contribution in [2.75, 3.05) is 0 Å². The fraction of sp³-hybridized carbons (Fsp3) is 0.613. The van der Waals surface area contributed by atoms with Crippen LogP contribution in [0.1, 0.15) is 83.3 Å². The van der Waals surface area contributed by atoms with Gasteiger partial charge in [0.05, 0.1) is 0 Å². The predicted octanol–water partition coefficient (Wildman–Crippen LogP) is 7.09. The number of hydrogen-bond acceptors (Lipinski definition) is 3. The fourth-order valence-corrected chi connectivity index (χ4v) is 8.40. The van der Waals surface area contributed by atoms with Crippen LogP contribution < -0.4 is 0 Å². The van der Waals surface area contributed by atoms with Crippen LogP contribution in [0.3, 0.4) is 0 Å². The molecule has 0 heterocycles. The highest BCUT2D eigenvalue weighted by atomic mass is 16.5. The first-order valence-corrected chi connectivity index (χ1v) is 13.4. The fourth-order valence-electron chi connectivity index (χ4n) is 8.40. The Bertz CT molecular complexity index is 1020. The molecule has 3 nitrogen and oxygen atoms in total. The van der Waals surface area contributed by atoms with Crippen molar-refractivity contribution in [2.24, 2.45) is 34.5 Å². The van der Waals surface area contributed by atoms with Gasteiger partial charge in [0.2, 0.25) is 0 Å². The largest absolute Gasteiger partial charge is 0.462 e. The van der Waals surface area contributed by atoms with Crippen LogP contribution in [0.2, 0.25) is 0 Å². The lowest BCUT2D eigenvalue weighted by molar-refractivity contribution is -0.149. The molecule has 4 aliphatic carbocycles. The van der Waals surface area contributed by atoms with Crippen molar-refractivity contribution >= 4 is 17.8 Å². The summed E-state index contributed by atoms with van der Waals surface area (Å²) in [4.78, 5) is 24.9. The van der Waals surface area contributed by atoms with Crippen LogP contribution in [0.25, 0.3) is 6.08 Å². The lowest BCUT2D eigenvalue weighted by atomic mass is 9.47. The third kappa shape index (κ3) is 3.99. The standard InChI is InChI=1S/C31H40O3/c1-20-5-7-22(8-6-20)9-14-29(33)28-13-12-26-25-11-10-23-19-24(34-21(2)32)15-17-30(23,3)27(25)16-18-31(26,28)4/h5-10,14,24-28H,11-13,15-19H2,1-4H3/b14-9+/t24-,25-,26-,27-,28+,30-,31-/m0/s1. The Morgan fingerprint density at radius 1 is 1.00 bits per heavy atom. The second kappa shape index (κ2) is 8.81. The van der Waals surface area contributed by atoms with Gasteiger partial charge < -0.3 is 4.74 Å². The molecule has 0 aromatic heterocycles. The minimum atomic E-state index is -0.158. The van der Waals surface area contributed by atoms with Gasteiger partial charge in [0.1, 0.15) is 6.10 Å². The normalized spacial score (nSPS) is 39.1. The predicted molar refractivity (Wildman–Crippen MR) is 136 cm³/mol. The summed E-state index contributed by atoms with van der Waals surface area (Å²) in [6.45, 7) is 8.51. The first kappa shape index (κ1) is 23.6. The number of ketones is 1. The molecule has 7 atom stereocenters. The van der Waals surface area contributed by atoms with Gasteiger partial charge >= 0.3 is 5.97 Å². The lowest BCUT2D eigenvalue weighted by Gasteiger charge is -2.58. The Hall–Kier alpha value is -2.16. The number of rotatable bonds is 4. The maximum Gasteiger partial charge on any atom is 0.302 e. The molecule has 182 valence electrons. The zero-order chi connectivity index (χ0) is 24.1. The van der Waals surface area contributed by atoms with E-state index in [0.29, 0.717) is 23.5 Å². The number of allylic oxidation sites excluding steroid dienone is 2. The van der Waals surface area contributed by atoms with E-state index in [2.05, 4.69) is 51.1 Å². The highest BCUT2D eigenvalue weighted by molar-refractivity contribution is 5.96. The third-order valence-corrected chi connectivity index (χ3v) is 10.3. The van der Waals surface area contributed by atoms with Crippen LogP contribution in [-0.2, 0) is 14.3 Å². The quantitative estimate of drug-likeness (QED) is 0.274. The monoisotopic (exact) mass is 460 g/mol. The van der Waals surface area contributed by atoms with E-state index in [1.165, 1.54) is 30.9 Å². The van der Waals surface area contributed by atoms with Crippen molar-refractivity contribution in [3.8, 4) is 0 Å². The molecule has 3 saturated carbocycles. The molecule has 3 heteroatoms. The molecule has 5 rings (SSSR count). The Labute approximate surface area is 205 Å². The van der Waals surface area contributed by atoms with Gasteiger partial charge in [0.15, 0.2) is 5.78 Å². The molecule has 0 aliphatic heterocycles. The molecular formula is C31H40O3. The molecule has 0 unspecified atom stereocenters. The SMILES string of the molecule is CC(=O)O[C@H]1CC[C@@]2(C)C(=CC[C@H]3[C@@H]4CC[C@H](C(=O)/C=C/c5ccc(C)cc5)[C@@]4(C)CC[C@@H]32)C1. The lowest BCUT2D eigenvalue weighted by Crippen LogP contribution is -2.51. The van der Waals surface area contributed by atoms with E-state index in [-0.39, 0.29) is 28.8 Å². The van der Waals surface area contributed by atoms with E-state index >= 15 is 0 Å². The molecule has 1 aromatic rings. The molecular weight excluding hydrogens is 420 g/mol.